The quantitative estimate of drug-likeness (QED) is 0.932. The van der Waals surface area contributed by atoms with Gasteiger partial charge in [0.25, 0.3) is 0 Å². The van der Waals surface area contributed by atoms with E-state index in [1.54, 1.807) is 23.1 Å². The number of nitrogens with two attached hydrogens (primary N) is 1. The van der Waals surface area contributed by atoms with Gasteiger partial charge in [-0.3, -0.25) is 4.79 Å². The van der Waals surface area contributed by atoms with Gasteiger partial charge in [-0.25, -0.2) is 0 Å². The minimum Gasteiger partial charge on any atom is -0.489 e. The lowest BCUT2D eigenvalue weighted by Crippen LogP contribution is -2.46. The number of hydrogen-bond donors (Lipinski definition) is 1. The molecule has 0 saturated carbocycles. The zero-order valence-electron chi connectivity index (χ0n) is 10.4. The van der Waals surface area contributed by atoms with E-state index in [4.69, 9.17) is 33.7 Å². The van der Waals surface area contributed by atoms with Crippen LogP contribution in [-0.2, 0) is 4.79 Å². The number of ether oxygens (including phenoxy) is 1. The van der Waals surface area contributed by atoms with E-state index in [1.165, 1.54) is 0 Å². The minimum atomic E-state index is -0.0394. The summed E-state index contributed by atoms with van der Waals surface area (Å²) < 4.78 is 5.84. The van der Waals surface area contributed by atoms with Crippen LogP contribution in [0.2, 0.25) is 10.0 Å². The van der Waals surface area contributed by atoms with Crippen molar-refractivity contribution < 1.29 is 9.53 Å². The van der Waals surface area contributed by atoms with Crippen molar-refractivity contribution in [3.8, 4) is 5.75 Å². The zero-order valence-corrected chi connectivity index (χ0v) is 12.0. The molecule has 1 saturated heterocycles. The fourth-order valence-corrected chi connectivity index (χ4v) is 2.42. The molecule has 2 N–H and O–H groups in total. The average molecular weight is 303 g/mol. The summed E-state index contributed by atoms with van der Waals surface area (Å²) in [6.45, 7) is 1.35. The second-order valence-corrected chi connectivity index (χ2v) is 5.32. The van der Waals surface area contributed by atoms with Crippen LogP contribution in [0.15, 0.2) is 18.2 Å². The maximum atomic E-state index is 11.6. The van der Waals surface area contributed by atoms with Gasteiger partial charge >= 0.3 is 0 Å². The lowest BCUT2D eigenvalue weighted by Gasteiger charge is -2.32. The molecule has 1 aliphatic heterocycles. The first-order chi connectivity index (χ1) is 9.10. The number of carbonyl (C=O) groups excluding carboxylic acids is 1. The van der Waals surface area contributed by atoms with Crippen molar-refractivity contribution in [2.45, 2.75) is 18.9 Å². The Balaban J connectivity index is 1.98. The van der Waals surface area contributed by atoms with Gasteiger partial charge in [-0.15, -0.1) is 0 Å². The molecule has 1 aliphatic rings. The Morgan fingerprint density at radius 3 is 2.89 bits per heavy atom. The number of benzene rings is 1. The Morgan fingerprint density at radius 2 is 2.21 bits per heavy atom. The molecule has 19 heavy (non-hydrogen) atoms. The zero-order chi connectivity index (χ0) is 13.8. The van der Waals surface area contributed by atoms with Crippen molar-refractivity contribution in [2.75, 3.05) is 19.6 Å². The second-order valence-electron chi connectivity index (χ2n) is 4.50. The number of nitrogens with zero attached hydrogens (tertiary/aromatic N) is 1. The number of piperidine rings is 1. The lowest BCUT2D eigenvalue weighted by molar-refractivity contribution is -0.132. The number of carbonyl (C=O) groups is 1. The van der Waals surface area contributed by atoms with Gasteiger partial charge < -0.3 is 15.4 Å². The largest absolute Gasteiger partial charge is 0.489 e. The third-order valence-corrected chi connectivity index (χ3v) is 3.84. The molecule has 1 aromatic carbocycles. The van der Waals surface area contributed by atoms with Crippen LogP contribution in [0.1, 0.15) is 12.8 Å². The molecule has 0 bridgehead atoms. The van der Waals surface area contributed by atoms with Crippen molar-refractivity contribution in [3.63, 3.8) is 0 Å². The number of amides is 1. The normalized spacial score (nSPS) is 19.3. The Labute approximate surface area is 122 Å². The highest BCUT2D eigenvalue weighted by molar-refractivity contribution is 6.42. The molecule has 0 aromatic heterocycles. The van der Waals surface area contributed by atoms with Crippen LogP contribution in [0, 0.1) is 0 Å². The van der Waals surface area contributed by atoms with Gasteiger partial charge in [0.2, 0.25) is 5.91 Å². The molecule has 1 atom stereocenters. The Bertz CT molecular complexity index is 468. The highest BCUT2D eigenvalue weighted by Crippen LogP contribution is 2.27. The molecule has 1 heterocycles. The number of hydrogen-bond acceptors (Lipinski definition) is 3. The van der Waals surface area contributed by atoms with Crippen molar-refractivity contribution in [2.24, 2.45) is 5.73 Å². The molecule has 0 spiro atoms. The van der Waals surface area contributed by atoms with Crippen molar-refractivity contribution >= 4 is 29.1 Å². The van der Waals surface area contributed by atoms with E-state index in [1.807, 2.05) is 0 Å². The van der Waals surface area contributed by atoms with Crippen LogP contribution in [0.4, 0.5) is 0 Å². The number of halogens is 2. The van der Waals surface area contributed by atoms with Crippen LogP contribution < -0.4 is 10.5 Å². The molecule has 6 heteroatoms. The predicted molar refractivity (Wildman–Crippen MR) is 75.7 cm³/mol. The Morgan fingerprint density at radius 1 is 1.42 bits per heavy atom. The Hall–Kier alpha value is -0.970. The molecule has 1 fully saturated rings. The Kier molecular flexibility index (Phi) is 4.91. The van der Waals surface area contributed by atoms with Gasteiger partial charge in [-0.1, -0.05) is 23.2 Å². The van der Waals surface area contributed by atoms with Crippen LogP contribution >= 0.6 is 23.2 Å². The first kappa shape index (κ1) is 14.4. The molecule has 0 radical (unpaired) electrons. The maximum Gasteiger partial charge on any atom is 0.236 e. The number of rotatable bonds is 3. The van der Waals surface area contributed by atoms with Gasteiger partial charge in [-0.05, 0) is 25.0 Å². The summed E-state index contributed by atoms with van der Waals surface area (Å²) in [5, 5.41) is 0.961. The molecule has 0 unspecified atom stereocenters. The highest BCUT2D eigenvalue weighted by atomic mass is 35.5. The van der Waals surface area contributed by atoms with E-state index < -0.39 is 0 Å². The molecule has 1 amide bonds. The van der Waals surface area contributed by atoms with E-state index in [-0.39, 0.29) is 18.6 Å². The fraction of sp³-hybridized carbons (Fsp3) is 0.462. The molecule has 0 aliphatic carbocycles. The van der Waals surface area contributed by atoms with Gasteiger partial charge in [-0.2, -0.15) is 0 Å². The van der Waals surface area contributed by atoms with Crippen molar-refractivity contribution in [1.29, 1.82) is 0 Å². The smallest absolute Gasteiger partial charge is 0.236 e. The monoisotopic (exact) mass is 302 g/mol. The lowest BCUT2D eigenvalue weighted by atomic mass is 10.1. The van der Waals surface area contributed by atoms with Crippen molar-refractivity contribution in [3.05, 3.63) is 28.2 Å². The molecule has 4 nitrogen and oxygen atoms in total. The van der Waals surface area contributed by atoms with Gasteiger partial charge in [0, 0.05) is 12.6 Å². The summed E-state index contributed by atoms with van der Waals surface area (Å²) in [7, 11) is 0. The third-order valence-electron chi connectivity index (χ3n) is 3.10. The molecule has 104 valence electrons. The van der Waals surface area contributed by atoms with Crippen molar-refractivity contribution in [1.82, 2.24) is 4.90 Å². The summed E-state index contributed by atoms with van der Waals surface area (Å²) in [5.41, 5.74) is 5.37. The minimum absolute atomic E-state index is 0.0264. The first-order valence-electron chi connectivity index (χ1n) is 6.19. The summed E-state index contributed by atoms with van der Waals surface area (Å²) in [4.78, 5) is 13.3. The summed E-state index contributed by atoms with van der Waals surface area (Å²) in [6, 6.07) is 5.16. The van der Waals surface area contributed by atoms with Crippen LogP contribution in [0.3, 0.4) is 0 Å². The van der Waals surface area contributed by atoms with Crippen LogP contribution in [-0.4, -0.2) is 36.5 Å². The topological polar surface area (TPSA) is 55.6 Å². The summed E-state index contributed by atoms with van der Waals surface area (Å²) in [6.07, 6.45) is 1.80. The fourth-order valence-electron chi connectivity index (χ4n) is 2.13. The number of likely N-dealkylation sites (tertiary alicyclic amines) is 1. The van der Waals surface area contributed by atoms with Gasteiger partial charge in [0.05, 0.1) is 23.1 Å². The predicted octanol–water partition coefficient (Wildman–Crippen LogP) is 2.32. The van der Waals surface area contributed by atoms with Gasteiger partial charge in [0.1, 0.15) is 11.9 Å². The standard InChI is InChI=1S/C13H16Cl2N2O2/c14-11-4-3-9(6-12(11)15)19-10-2-1-5-17(8-10)13(18)7-16/h3-4,6,10H,1-2,5,7-8,16H2/t10-/m0/s1. The van der Waals surface area contributed by atoms with E-state index >= 15 is 0 Å². The maximum absolute atomic E-state index is 11.6. The average Bonchev–Trinajstić information content (AvgIpc) is 2.42. The SMILES string of the molecule is NCC(=O)N1CCC[C@H](Oc2ccc(Cl)c(Cl)c2)C1. The van der Waals surface area contributed by atoms with Crippen LogP contribution in [0.25, 0.3) is 0 Å². The van der Waals surface area contributed by atoms with Gasteiger partial charge in [0.15, 0.2) is 0 Å². The third kappa shape index (κ3) is 3.75. The summed E-state index contributed by atoms with van der Waals surface area (Å²) in [5.74, 6) is 0.629. The first-order valence-corrected chi connectivity index (χ1v) is 6.95. The summed E-state index contributed by atoms with van der Waals surface area (Å²) >= 11 is 11.8. The van der Waals surface area contributed by atoms with E-state index in [0.717, 1.165) is 19.4 Å². The molecular weight excluding hydrogens is 287 g/mol. The van der Waals surface area contributed by atoms with Crippen LogP contribution in [0.5, 0.6) is 5.75 Å². The molecule has 2 rings (SSSR count). The van der Waals surface area contributed by atoms with E-state index in [0.29, 0.717) is 22.3 Å². The molecular formula is C13H16Cl2N2O2. The van der Waals surface area contributed by atoms with E-state index in [2.05, 4.69) is 0 Å². The highest BCUT2D eigenvalue weighted by Gasteiger charge is 2.24. The molecule has 1 aromatic rings. The second kappa shape index (κ2) is 6.46. The van der Waals surface area contributed by atoms with E-state index in [9.17, 15) is 4.79 Å².